The minimum atomic E-state index is -4.50. The quantitative estimate of drug-likeness (QED) is 0.574. The molecule has 3 nitrogen and oxygen atoms in total. The van der Waals surface area contributed by atoms with Gasteiger partial charge >= 0.3 is 28.6 Å². The predicted molar refractivity (Wildman–Crippen MR) is 29.9 cm³/mol. The zero-order chi connectivity index (χ0) is 9.12. The first kappa shape index (κ1) is 14.9. The first-order valence-corrected chi connectivity index (χ1v) is 4.29. The van der Waals surface area contributed by atoms with Gasteiger partial charge in [0.15, 0.2) is 0 Å². The van der Waals surface area contributed by atoms with E-state index in [1.807, 2.05) is 0 Å². The summed E-state index contributed by atoms with van der Waals surface area (Å²) in [6, 6.07) is 0. The second-order valence-corrected chi connectivity index (χ2v) is 3.50. The molecule has 0 atom stereocenters. The summed E-state index contributed by atoms with van der Waals surface area (Å²) in [5.74, 6) is -0.952. The summed E-state index contributed by atoms with van der Waals surface area (Å²) in [6.45, 7) is 0. The summed E-state index contributed by atoms with van der Waals surface area (Å²) >= 11 is 0. The second-order valence-electron chi connectivity index (χ2n) is 1.98. The van der Waals surface area contributed by atoms with Crippen LogP contribution in [0.4, 0.5) is 13.2 Å². The zero-order valence-corrected chi connectivity index (χ0v) is 7.99. The fourth-order valence-corrected chi connectivity index (χ4v) is 0.947. The molecule has 0 spiro atoms. The van der Waals surface area contributed by atoms with E-state index in [-0.39, 0.29) is 22.4 Å². The number of hydrogen-bond donors (Lipinski definition) is 0. The number of rotatable bonds is 3. The third-order valence-electron chi connectivity index (χ3n) is 0.855. The van der Waals surface area contributed by atoms with E-state index in [0.29, 0.717) is 0 Å². The van der Waals surface area contributed by atoms with Gasteiger partial charge in [0.1, 0.15) is 0 Å². The SMILES string of the molecule is O=S(=O)([O-])CCCC(F)(F)F.[Ag+]. The number of halogens is 3. The molecular formula is C4H6AgF3O3S. The van der Waals surface area contributed by atoms with Crippen LogP contribution in [0.2, 0.25) is 0 Å². The third-order valence-corrected chi connectivity index (χ3v) is 1.64. The van der Waals surface area contributed by atoms with Crippen LogP contribution in [0.25, 0.3) is 0 Å². The standard InChI is InChI=1S/C4H7F3O3S.Ag/c5-4(6,7)2-1-3-11(8,9)10;/h1-3H2,(H,8,9,10);/q;+1/p-1. The summed E-state index contributed by atoms with van der Waals surface area (Å²) in [4.78, 5) is 0. The molecule has 0 N–H and O–H groups in total. The maximum atomic E-state index is 11.3. The van der Waals surface area contributed by atoms with E-state index < -0.39 is 34.9 Å². The van der Waals surface area contributed by atoms with Crippen molar-refractivity contribution in [3.05, 3.63) is 0 Å². The Balaban J connectivity index is 0. The van der Waals surface area contributed by atoms with Crippen LogP contribution < -0.4 is 0 Å². The van der Waals surface area contributed by atoms with Crippen LogP contribution in [0, 0.1) is 0 Å². The monoisotopic (exact) mass is 298 g/mol. The Bertz CT molecular complexity index is 210. The fraction of sp³-hybridized carbons (Fsp3) is 1.00. The van der Waals surface area contributed by atoms with Crippen molar-refractivity contribution in [1.29, 1.82) is 0 Å². The van der Waals surface area contributed by atoms with Gasteiger partial charge < -0.3 is 4.55 Å². The Morgan fingerprint density at radius 2 is 1.67 bits per heavy atom. The summed E-state index contributed by atoms with van der Waals surface area (Å²) < 4.78 is 63.4. The number of hydrogen-bond acceptors (Lipinski definition) is 3. The van der Waals surface area contributed by atoms with Crippen molar-refractivity contribution in [3.8, 4) is 0 Å². The molecule has 0 bridgehead atoms. The Morgan fingerprint density at radius 3 is 1.92 bits per heavy atom. The van der Waals surface area contributed by atoms with E-state index in [4.69, 9.17) is 0 Å². The fourth-order valence-electron chi connectivity index (χ4n) is 0.449. The van der Waals surface area contributed by atoms with Crippen molar-refractivity contribution in [1.82, 2.24) is 0 Å². The van der Waals surface area contributed by atoms with Crippen LogP contribution in [-0.2, 0) is 32.5 Å². The van der Waals surface area contributed by atoms with Crippen molar-refractivity contribution in [2.24, 2.45) is 0 Å². The van der Waals surface area contributed by atoms with Crippen LogP contribution in [0.3, 0.4) is 0 Å². The van der Waals surface area contributed by atoms with Gasteiger partial charge in [0.25, 0.3) is 0 Å². The van der Waals surface area contributed by atoms with Gasteiger partial charge in [-0.1, -0.05) is 0 Å². The van der Waals surface area contributed by atoms with Crippen molar-refractivity contribution in [2.45, 2.75) is 19.0 Å². The molecule has 0 fully saturated rings. The second kappa shape index (κ2) is 5.23. The zero-order valence-electron chi connectivity index (χ0n) is 5.69. The van der Waals surface area contributed by atoms with Crippen LogP contribution in [0.5, 0.6) is 0 Å². The average molecular weight is 299 g/mol. The summed E-state index contributed by atoms with van der Waals surface area (Å²) in [7, 11) is -4.50. The Labute approximate surface area is 83.6 Å². The van der Waals surface area contributed by atoms with E-state index in [9.17, 15) is 26.1 Å². The first-order chi connectivity index (χ1) is 4.71. The average Bonchev–Trinajstić information content (AvgIpc) is 1.55. The van der Waals surface area contributed by atoms with Gasteiger partial charge in [0, 0.05) is 12.2 Å². The maximum absolute atomic E-state index is 11.3. The third kappa shape index (κ3) is 13.1. The molecule has 0 unspecified atom stereocenters. The molecule has 0 radical (unpaired) electrons. The van der Waals surface area contributed by atoms with E-state index in [1.165, 1.54) is 0 Å². The van der Waals surface area contributed by atoms with Gasteiger partial charge in [-0.25, -0.2) is 8.42 Å². The topological polar surface area (TPSA) is 57.2 Å². The first-order valence-electron chi connectivity index (χ1n) is 2.71. The van der Waals surface area contributed by atoms with Gasteiger partial charge in [-0.05, 0) is 6.42 Å². The molecule has 0 aliphatic heterocycles. The smallest absolute Gasteiger partial charge is 0.748 e. The van der Waals surface area contributed by atoms with Gasteiger partial charge in [-0.15, -0.1) is 0 Å². The van der Waals surface area contributed by atoms with Gasteiger partial charge in [0.2, 0.25) is 0 Å². The number of alkyl halides is 3. The predicted octanol–water partition coefficient (Wildman–Crippen LogP) is 0.872. The van der Waals surface area contributed by atoms with Crippen molar-refractivity contribution >= 4 is 10.1 Å². The molecule has 0 aliphatic rings. The molecule has 0 amide bonds. The van der Waals surface area contributed by atoms with Crippen LogP contribution in [-0.4, -0.2) is 24.9 Å². The molecule has 78 valence electrons. The molecule has 0 aromatic carbocycles. The Kier molecular flexibility index (Phi) is 6.51. The van der Waals surface area contributed by atoms with Crippen LogP contribution in [0.1, 0.15) is 12.8 Å². The molecule has 8 heteroatoms. The van der Waals surface area contributed by atoms with Crippen molar-refractivity contribution in [3.63, 3.8) is 0 Å². The molecule has 0 aromatic heterocycles. The van der Waals surface area contributed by atoms with Crippen molar-refractivity contribution < 1.29 is 48.5 Å². The minimum absolute atomic E-state index is 0. The summed E-state index contributed by atoms with van der Waals surface area (Å²) in [6.07, 6.45) is -6.27. The van der Waals surface area contributed by atoms with Gasteiger partial charge in [0.05, 0.1) is 10.1 Å². The van der Waals surface area contributed by atoms with Crippen LogP contribution >= 0.6 is 0 Å². The molecule has 0 saturated carbocycles. The largest absolute Gasteiger partial charge is 1.00 e. The Hall–Kier alpha value is 0.440. The van der Waals surface area contributed by atoms with E-state index in [2.05, 4.69) is 0 Å². The molecule has 0 saturated heterocycles. The molecule has 0 rings (SSSR count). The molecule has 12 heavy (non-hydrogen) atoms. The summed E-state index contributed by atoms with van der Waals surface area (Å²) in [5, 5.41) is 0. The van der Waals surface area contributed by atoms with E-state index >= 15 is 0 Å². The molecule has 0 aliphatic carbocycles. The van der Waals surface area contributed by atoms with Gasteiger partial charge in [-0.2, -0.15) is 13.2 Å². The summed E-state index contributed by atoms with van der Waals surface area (Å²) in [5.41, 5.74) is 0. The van der Waals surface area contributed by atoms with Gasteiger partial charge in [-0.3, -0.25) is 0 Å². The molecular weight excluding hydrogens is 293 g/mol. The van der Waals surface area contributed by atoms with E-state index in [0.717, 1.165) is 0 Å². The molecule has 0 aromatic rings. The normalized spacial score (nSPS) is 12.3. The molecule has 0 heterocycles. The van der Waals surface area contributed by atoms with Crippen LogP contribution in [0.15, 0.2) is 0 Å². The van der Waals surface area contributed by atoms with E-state index in [1.54, 1.807) is 0 Å². The Morgan fingerprint density at radius 1 is 1.25 bits per heavy atom. The van der Waals surface area contributed by atoms with Crippen molar-refractivity contribution in [2.75, 3.05) is 5.75 Å². The minimum Gasteiger partial charge on any atom is -0.748 e. The maximum Gasteiger partial charge on any atom is 1.00 e.